The fourth-order valence-electron chi connectivity index (χ4n) is 5.73. The first-order valence-corrected chi connectivity index (χ1v) is 17.1. The monoisotopic (exact) mass is 683 g/mol. The Labute approximate surface area is 274 Å². The van der Waals surface area contributed by atoms with Gasteiger partial charge in [-0.05, 0) is 44.6 Å². The molecule has 2 aliphatic rings. The fourth-order valence-corrected chi connectivity index (χ4v) is 6.32. The van der Waals surface area contributed by atoms with E-state index in [1.165, 1.54) is 14.0 Å². The van der Waals surface area contributed by atoms with Crippen LogP contribution in [0.2, 0.25) is 0 Å². The summed E-state index contributed by atoms with van der Waals surface area (Å²) in [5.74, 6) is 0.266. The number of carbonyl (C=O) groups is 1. The molecule has 6 rings (SSSR count). The fraction of sp³-hybridized carbons (Fsp3) is 0.419. The van der Waals surface area contributed by atoms with E-state index in [9.17, 15) is 26.4 Å². The predicted molar refractivity (Wildman–Crippen MR) is 168 cm³/mol. The second-order valence-electron chi connectivity index (χ2n) is 11.9. The molecule has 0 aromatic carbocycles. The van der Waals surface area contributed by atoms with Crippen LogP contribution >= 0.6 is 0 Å². The highest BCUT2D eigenvalue weighted by Crippen LogP contribution is 2.45. The molecule has 2 N–H and O–H groups in total. The largest absolute Gasteiger partial charge is 0.467 e. The summed E-state index contributed by atoms with van der Waals surface area (Å²) in [7, 11) is -2.24. The highest BCUT2D eigenvalue weighted by atomic mass is 32.2. The lowest BCUT2D eigenvalue weighted by molar-refractivity contribution is -0.137. The van der Waals surface area contributed by atoms with Crippen LogP contribution in [0.15, 0.2) is 41.9 Å². The smallest absolute Gasteiger partial charge is 0.419 e. The van der Waals surface area contributed by atoms with Crippen molar-refractivity contribution in [2.24, 2.45) is 0 Å². The highest BCUT2D eigenvalue weighted by molar-refractivity contribution is 7.90. The number of pyridine rings is 1. The van der Waals surface area contributed by atoms with E-state index in [1.807, 2.05) is 0 Å². The van der Waals surface area contributed by atoms with Crippen LogP contribution in [0, 0.1) is 0 Å². The van der Waals surface area contributed by atoms with Crippen molar-refractivity contribution in [3.05, 3.63) is 54.0 Å². The average Bonchev–Trinajstić information content (AvgIpc) is 3.90. The quantitative estimate of drug-likeness (QED) is 0.237. The van der Waals surface area contributed by atoms with Crippen molar-refractivity contribution in [2.45, 2.75) is 74.4 Å². The number of hydrogen-bond acceptors (Lipinski definition) is 12. The first-order valence-electron chi connectivity index (χ1n) is 15.2. The molecule has 0 bridgehead atoms. The molecule has 17 heteroatoms. The Morgan fingerprint density at radius 2 is 1.52 bits per heavy atom. The third kappa shape index (κ3) is 7.35. The van der Waals surface area contributed by atoms with Gasteiger partial charge in [-0.15, -0.1) is 0 Å². The molecule has 4 aromatic rings. The van der Waals surface area contributed by atoms with Gasteiger partial charge in [-0.3, -0.25) is 9.78 Å². The van der Waals surface area contributed by atoms with Crippen LogP contribution in [-0.4, -0.2) is 68.6 Å². The Hall–Kier alpha value is -4.80. The van der Waals surface area contributed by atoms with Gasteiger partial charge in [-0.2, -0.15) is 13.2 Å². The van der Waals surface area contributed by atoms with Gasteiger partial charge in [0.25, 0.3) is 0 Å². The molecule has 2 aliphatic carbocycles. The molecule has 0 spiro atoms. The third-order valence-corrected chi connectivity index (χ3v) is 9.33. The van der Waals surface area contributed by atoms with Gasteiger partial charge < -0.3 is 15.4 Å². The molecular formula is C31H32F3N9O4S. The lowest BCUT2D eigenvalue weighted by atomic mass is 9.83. The van der Waals surface area contributed by atoms with Gasteiger partial charge in [0, 0.05) is 73.2 Å². The van der Waals surface area contributed by atoms with Gasteiger partial charge in [-0.25, -0.2) is 38.3 Å². The zero-order valence-corrected chi connectivity index (χ0v) is 27.1. The number of hydrogen-bond donors (Lipinski definition) is 2. The lowest BCUT2D eigenvalue weighted by Gasteiger charge is -2.30. The number of alkyl halides is 3. The number of methoxy groups -OCH3 is 1. The standard InChI is InChI=1S/C31H32F3N9O4S/c1-16(44)39-28-27(41-26(25(42-28)17-4-5-17)20-12-37-30(47-2)38-13-20)18-6-8-21(9-7-18)40-29-36-15-23(31(32,33)34)24(43-29)19-10-22(14-35-11-19)48(3,45)46/h10-15,17-18,21H,4-9H2,1-3H3,(H,36,40,43)(H,39,42,44). The maximum Gasteiger partial charge on any atom is 0.419 e. The van der Waals surface area contributed by atoms with Crippen molar-refractivity contribution in [1.29, 1.82) is 0 Å². The second kappa shape index (κ2) is 13.0. The third-order valence-electron chi connectivity index (χ3n) is 8.25. The zero-order valence-electron chi connectivity index (χ0n) is 26.2. The van der Waals surface area contributed by atoms with Gasteiger partial charge in [0.1, 0.15) is 5.56 Å². The number of nitrogens with zero attached hydrogens (tertiary/aromatic N) is 7. The molecule has 0 saturated heterocycles. The minimum absolute atomic E-state index is 0.0273. The summed E-state index contributed by atoms with van der Waals surface area (Å²) in [6.07, 6.45) is 6.70. The minimum Gasteiger partial charge on any atom is -0.467 e. The maximum atomic E-state index is 13.9. The Bertz CT molecular complexity index is 1950. The number of nitrogens with one attached hydrogen (secondary N) is 2. The molecular weight excluding hydrogens is 651 g/mol. The molecule has 4 aromatic heterocycles. The van der Waals surface area contributed by atoms with Crippen molar-refractivity contribution < 1.29 is 31.1 Å². The number of sulfone groups is 1. The van der Waals surface area contributed by atoms with Gasteiger partial charge in [-0.1, -0.05) is 0 Å². The number of carbonyl (C=O) groups excluding carboxylic acids is 1. The first kappa shape index (κ1) is 33.1. The highest BCUT2D eigenvalue weighted by Gasteiger charge is 2.37. The molecule has 0 unspecified atom stereocenters. The Balaban J connectivity index is 1.25. The predicted octanol–water partition coefficient (Wildman–Crippen LogP) is 5.19. The van der Waals surface area contributed by atoms with E-state index >= 15 is 0 Å². The Kier molecular flexibility index (Phi) is 8.98. The molecule has 4 heterocycles. The lowest BCUT2D eigenvalue weighted by Crippen LogP contribution is -2.28. The molecule has 1 amide bonds. The van der Waals surface area contributed by atoms with Crippen molar-refractivity contribution >= 4 is 27.5 Å². The normalized spacial score (nSPS) is 18.3. The van der Waals surface area contributed by atoms with Gasteiger partial charge >= 0.3 is 12.2 Å². The van der Waals surface area contributed by atoms with E-state index in [1.54, 1.807) is 12.4 Å². The van der Waals surface area contributed by atoms with E-state index in [-0.39, 0.29) is 46.2 Å². The molecule has 2 saturated carbocycles. The molecule has 2 fully saturated rings. The minimum atomic E-state index is -4.79. The van der Waals surface area contributed by atoms with E-state index in [0.717, 1.165) is 43.3 Å². The van der Waals surface area contributed by atoms with Gasteiger partial charge in [0.2, 0.25) is 11.9 Å². The van der Waals surface area contributed by atoms with E-state index < -0.39 is 27.3 Å². The summed E-state index contributed by atoms with van der Waals surface area (Å²) in [5.41, 5.74) is 1.07. The first-order chi connectivity index (χ1) is 22.8. The molecule has 0 radical (unpaired) electrons. The number of amides is 1. The van der Waals surface area contributed by atoms with Crippen LogP contribution in [0.3, 0.4) is 0 Å². The average molecular weight is 684 g/mol. The number of halogens is 3. The molecule has 48 heavy (non-hydrogen) atoms. The summed E-state index contributed by atoms with van der Waals surface area (Å²) in [6.45, 7) is 1.42. The van der Waals surface area contributed by atoms with E-state index in [0.29, 0.717) is 54.6 Å². The number of aromatic nitrogens is 7. The van der Waals surface area contributed by atoms with Gasteiger partial charge in [0.05, 0.1) is 34.8 Å². The van der Waals surface area contributed by atoms with Crippen molar-refractivity contribution in [3.63, 3.8) is 0 Å². The van der Waals surface area contributed by atoms with Crippen LogP contribution in [-0.2, 0) is 20.8 Å². The molecule has 0 aliphatic heterocycles. The van der Waals surface area contributed by atoms with Gasteiger partial charge in [0.15, 0.2) is 15.7 Å². The Morgan fingerprint density at radius 3 is 2.12 bits per heavy atom. The maximum absolute atomic E-state index is 13.9. The van der Waals surface area contributed by atoms with E-state index in [4.69, 9.17) is 14.7 Å². The van der Waals surface area contributed by atoms with Crippen LogP contribution in [0.1, 0.15) is 74.2 Å². The second-order valence-corrected chi connectivity index (χ2v) is 13.9. The topological polar surface area (TPSA) is 175 Å². The zero-order chi connectivity index (χ0) is 34.2. The summed E-state index contributed by atoms with van der Waals surface area (Å²) < 4.78 is 71.0. The van der Waals surface area contributed by atoms with Crippen molar-refractivity contribution in [1.82, 2.24) is 34.9 Å². The summed E-state index contributed by atoms with van der Waals surface area (Å²) >= 11 is 0. The van der Waals surface area contributed by atoms with E-state index in [2.05, 4.69) is 35.6 Å². The molecule has 13 nitrogen and oxygen atoms in total. The molecule has 252 valence electrons. The number of rotatable bonds is 9. The van der Waals surface area contributed by atoms with Crippen molar-refractivity contribution in [2.75, 3.05) is 24.0 Å². The van der Waals surface area contributed by atoms with Crippen LogP contribution < -0.4 is 15.4 Å². The number of anilines is 2. The van der Waals surface area contributed by atoms with Crippen LogP contribution in [0.4, 0.5) is 24.9 Å². The summed E-state index contributed by atoms with van der Waals surface area (Å²) in [5, 5.41) is 6.01. The molecule has 0 atom stereocenters. The van der Waals surface area contributed by atoms with Crippen molar-refractivity contribution in [3.8, 4) is 28.5 Å². The van der Waals surface area contributed by atoms with Crippen LogP contribution in [0.5, 0.6) is 6.01 Å². The van der Waals surface area contributed by atoms with Crippen LogP contribution in [0.25, 0.3) is 22.5 Å². The summed E-state index contributed by atoms with van der Waals surface area (Å²) in [6, 6.07) is 1.16. The Morgan fingerprint density at radius 1 is 0.854 bits per heavy atom. The number of ether oxygens (including phenoxy) is 1. The SMILES string of the molecule is COc1ncc(-c2nc(C3CCC(Nc4ncc(C(F)(F)F)c(-c5cncc(S(C)(=O)=O)c5)n4)CC3)c(NC(C)=O)nc2C2CC2)cn1. The summed E-state index contributed by atoms with van der Waals surface area (Å²) in [4.78, 5) is 42.3.